The van der Waals surface area contributed by atoms with Gasteiger partial charge in [0.2, 0.25) is 0 Å². The zero-order chi connectivity index (χ0) is 7.56. The van der Waals surface area contributed by atoms with Crippen molar-refractivity contribution in [1.29, 1.82) is 0 Å². The molecule has 0 N–H and O–H groups in total. The fraction of sp³-hybridized carbons (Fsp3) is 0.167. The molecule has 1 atom stereocenters. The average molecular weight is 175 g/mol. The lowest BCUT2D eigenvalue weighted by molar-refractivity contribution is -0.00511. The van der Waals surface area contributed by atoms with Gasteiger partial charge in [0.25, 0.3) is 0 Å². The lowest BCUT2D eigenvalue weighted by Gasteiger charge is -1.99. The van der Waals surface area contributed by atoms with Crippen LogP contribution in [-0.4, -0.2) is 15.9 Å². The molecule has 0 aromatic heterocycles. The molecule has 1 aliphatic carbocycles. The highest BCUT2D eigenvalue weighted by Crippen LogP contribution is 2.15. The molecule has 52 valence electrons. The molecule has 0 spiro atoms. The molecule has 0 aliphatic heterocycles. The zero-order valence-electron chi connectivity index (χ0n) is 4.96. The molecule has 0 aromatic rings. The molecular formula is C6H4Cl2N2. The summed E-state index contributed by atoms with van der Waals surface area (Å²) in [6, 6.07) is 0. The maximum Gasteiger partial charge on any atom is 0.313 e. The van der Waals surface area contributed by atoms with E-state index in [1.807, 2.05) is 0 Å². The van der Waals surface area contributed by atoms with E-state index in [1.54, 1.807) is 18.2 Å². The van der Waals surface area contributed by atoms with Crippen LogP contribution in [-0.2, 0) is 0 Å². The fourth-order valence-corrected chi connectivity index (χ4v) is 1.13. The number of hydrogen-bond donors (Lipinski definition) is 0. The van der Waals surface area contributed by atoms with Crippen molar-refractivity contribution in [3.8, 4) is 0 Å². The average Bonchev–Trinajstić information content (AvgIpc) is 1.88. The van der Waals surface area contributed by atoms with Crippen molar-refractivity contribution in [2.45, 2.75) is 5.38 Å². The normalized spacial score (nSPS) is 24.0. The molecule has 0 radical (unpaired) electrons. The predicted octanol–water partition coefficient (Wildman–Crippen LogP) is 1.96. The molecule has 2 nitrogen and oxygen atoms in total. The van der Waals surface area contributed by atoms with E-state index in [2.05, 4.69) is 4.79 Å². The van der Waals surface area contributed by atoms with E-state index in [4.69, 9.17) is 28.7 Å². The van der Waals surface area contributed by atoms with Crippen LogP contribution in [0.15, 0.2) is 23.3 Å². The number of rotatable bonds is 0. The summed E-state index contributed by atoms with van der Waals surface area (Å²) in [6.07, 6.45) is 4.79. The molecule has 0 saturated heterocycles. The van der Waals surface area contributed by atoms with Gasteiger partial charge in [-0.05, 0) is 12.2 Å². The van der Waals surface area contributed by atoms with Crippen LogP contribution in [0.3, 0.4) is 0 Å². The Labute approximate surface area is 68.4 Å². The first-order chi connectivity index (χ1) is 4.74. The zero-order valence-corrected chi connectivity index (χ0v) is 6.47. The molecule has 4 heteroatoms. The molecule has 10 heavy (non-hydrogen) atoms. The van der Waals surface area contributed by atoms with Gasteiger partial charge in [-0.25, -0.2) is 0 Å². The quantitative estimate of drug-likeness (QED) is 0.306. The van der Waals surface area contributed by atoms with E-state index in [9.17, 15) is 0 Å². The Morgan fingerprint density at radius 3 is 2.70 bits per heavy atom. The van der Waals surface area contributed by atoms with Crippen LogP contribution >= 0.6 is 23.2 Å². The van der Waals surface area contributed by atoms with Gasteiger partial charge < -0.3 is 5.53 Å². The SMILES string of the molecule is [N-]=[N+]=C1C=CC(Cl)=CC1Cl. The Kier molecular flexibility index (Phi) is 2.28. The van der Waals surface area contributed by atoms with Crippen molar-refractivity contribution in [1.82, 2.24) is 0 Å². The summed E-state index contributed by atoms with van der Waals surface area (Å²) in [5.41, 5.74) is 8.74. The third-order valence-electron chi connectivity index (χ3n) is 1.12. The molecule has 0 fully saturated rings. The van der Waals surface area contributed by atoms with Gasteiger partial charge in [-0.1, -0.05) is 11.6 Å². The number of hydrogen-bond acceptors (Lipinski definition) is 0. The van der Waals surface area contributed by atoms with E-state index < -0.39 is 5.38 Å². The van der Waals surface area contributed by atoms with Gasteiger partial charge in [0.15, 0.2) is 5.38 Å². The fourth-order valence-electron chi connectivity index (χ4n) is 0.626. The highest BCUT2D eigenvalue weighted by atomic mass is 35.5. The maximum absolute atomic E-state index is 8.33. The summed E-state index contributed by atoms with van der Waals surface area (Å²) in [6.45, 7) is 0. The molecule has 0 saturated carbocycles. The first-order valence-corrected chi connectivity index (χ1v) is 3.47. The first kappa shape index (κ1) is 7.55. The topological polar surface area (TPSA) is 36.4 Å². The Hall–Kier alpha value is -0.560. The van der Waals surface area contributed by atoms with Crippen LogP contribution < -0.4 is 0 Å². The number of nitrogens with zero attached hydrogens (tertiary/aromatic N) is 2. The van der Waals surface area contributed by atoms with E-state index in [0.29, 0.717) is 10.7 Å². The molecule has 1 rings (SSSR count). The van der Waals surface area contributed by atoms with Gasteiger partial charge >= 0.3 is 5.71 Å². The van der Waals surface area contributed by atoms with Crippen molar-refractivity contribution in [3.05, 3.63) is 28.8 Å². The van der Waals surface area contributed by atoms with Crippen molar-refractivity contribution >= 4 is 28.9 Å². The van der Waals surface area contributed by atoms with E-state index in [0.717, 1.165) is 0 Å². The van der Waals surface area contributed by atoms with Gasteiger partial charge in [-0.15, -0.1) is 11.6 Å². The van der Waals surface area contributed by atoms with E-state index in [1.165, 1.54) is 0 Å². The summed E-state index contributed by atoms with van der Waals surface area (Å²) in [5.74, 6) is 0. The minimum Gasteiger partial charge on any atom is -0.361 e. The second-order valence-electron chi connectivity index (χ2n) is 1.81. The number of halogens is 2. The lowest BCUT2D eigenvalue weighted by Crippen LogP contribution is -2.12. The molecule has 0 amide bonds. The van der Waals surface area contributed by atoms with Crippen LogP contribution in [0, 0.1) is 0 Å². The van der Waals surface area contributed by atoms with Crippen molar-refractivity contribution in [3.63, 3.8) is 0 Å². The minimum atomic E-state index is -0.414. The summed E-state index contributed by atoms with van der Waals surface area (Å²) >= 11 is 11.3. The maximum atomic E-state index is 8.33. The third kappa shape index (κ3) is 1.48. The van der Waals surface area contributed by atoms with Crippen LogP contribution in [0.4, 0.5) is 0 Å². The molecule has 0 bridgehead atoms. The van der Waals surface area contributed by atoms with Gasteiger partial charge in [0.1, 0.15) is 0 Å². The highest BCUT2D eigenvalue weighted by molar-refractivity contribution is 6.38. The van der Waals surface area contributed by atoms with E-state index in [-0.39, 0.29) is 0 Å². The third-order valence-corrected chi connectivity index (χ3v) is 1.72. The van der Waals surface area contributed by atoms with Gasteiger partial charge in [0.05, 0.1) is 0 Å². The Bertz CT molecular complexity index is 248. The number of alkyl halides is 1. The van der Waals surface area contributed by atoms with Gasteiger partial charge in [-0.2, -0.15) is 4.79 Å². The second kappa shape index (κ2) is 3.02. The van der Waals surface area contributed by atoms with E-state index >= 15 is 0 Å². The molecule has 0 heterocycles. The smallest absolute Gasteiger partial charge is 0.313 e. The molecule has 1 unspecified atom stereocenters. The van der Waals surface area contributed by atoms with Crippen LogP contribution in [0.1, 0.15) is 0 Å². The highest BCUT2D eigenvalue weighted by Gasteiger charge is 2.18. The predicted molar refractivity (Wildman–Crippen MR) is 41.3 cm³/mol. The second-order valence-corrected chi connectivity index (χ2v) is 2.72. The molecule has 1 aliphatic rings. The van der Waals surface area contributed by atoms with Crippen LogP contribution in [0.25, 0.3) is 5.53 Å². The van der Waals surface area contributed by atoms with Gasteiger partial charge in [0, 0.05) is 11.1 Å². The monoisotopic (exact) mass is 174 g/mol. The summed E-state index contributed by atoms with van der Waals surface area (Å²) in [5, 5.41) is 0.148. The Morgan fingerprint density at radius 1 is 1.50 bits per heavy atom. The van der Waals surface area contributed by atoms with Crippen molar-refractivity contribution in [2.75, 3.05) is 0 Å². The first-order valence-electron chi connectivity index (χ1n) is 2.65. The molecular weight excluding hydrogens is 171 g/mol. The Balaban J connectivity index is 2.95. The lowest BCUT2D eigenvalue weighted by atomic mass is 10.1. The molecule has 0 aromatic carbocycles. The van der Waals surface area contributed by atoms with Gasteiger partial charge in [-0.3, -0.25) is 0 Å². The number of allylic oxidation sites excluding steroid dienone is 4. The Morgan fingerprint density at radius 2 is 2.20 bits per heavy atom. The van der Waals surface area contributed by atoms with Crippen LogP contribution in [0.5, 0.6) is 0 Å². The van der Waals surface area contributed by atoms with Crippen LogP contribution in [0.2, 0.25) is 0 Å². The standard InChI is InChI=1S/C6H4Cl2N2/c7-4-1-2-6(10-9)5(8)3-4/h1-3,5H. The van der Waals surface area contributed by atoms with Crippen molar-refractivity contribution < 1.29 is 4.79 Å². The summed E-state index contributed by atoms with van der Waals surface area (Å²) in [7, 11) is 0. The largest absolute Gasteiger partial charge is 0.361 e. The summed E-state index contributed by atoms with van der Waals surface area (Å²) in [4.78, 5) is 2.96. The van der Waals surface area contributed by atoms with Crippen molar-refractivity contribution in [2.24, 2.45) is 0 Å². The minimum absolute atomic E-state index is 0.408. The summed E-state index contributed by atoms with van der Waals surface area (Å²) < 4.78 is 0.